The van der Waals surface area contributed by atoms with Crippen molar-refractivity contribution < 1.29 is 15.3 Å². The molecule has 0 fully saturated rings. The van der Waals surface area contributed by atoms with Crippen molar-refractivity contribution in [3.63, 3.8) is 0 Å². The van der Waals surface area contributed by atoms with Crippen LogP contribution in [0.4, 0.5) is 0 Å². The van der Waals surface area contributed by atoms with Gasteiger partial charge in [-0.25, -0.2) is 0 Å². The summed E-state index contributed by atoms with van der Waals surface area (Å²) in [6.45, 7) is 0.0146. The van der Waals surface area contributed by atoms with Crippen molar-refractivity contribution in [2.75, 3.05) is 12.5 Å². The molecule has 1 aromatic rings. The molecule has 1 aromatic carbocycles. The quantitative estimate of drug-likeness (QED) is 0.658. The molecule has 0 spiro atoms. The number of halogens is 1. The van der Waals surface area contributed by atoms with E-state index in [1.54, 1.807) is 12.1 Å². The van der Waals surface area contributed by atoms with Crippen LogP contribution in [-0.2, 0) is 6.42 Å². The topological polar surface area (TPSA) is 60.7 Å². The van der Waals surface area contributed by atoms with Crippen LogP contribution in [0.1, 0.15) is 17.2 Å². The normalized spacial score (nSPS) is 14.9. The van der Waals surface area contributed by atoms with E-state index in [9.17, 15) is 10.2 Å². The van der Waals surface area contributed by atoms with Crippen LogP contribution < -0.4 is 0 Å². The molecular formula is C11H15ClO3. The Morgan fingerprint density at radius 2 is 1.87 bits per heavy atom. The Morgan fingerprint density at radius 3 is 2.47 bits per heavy atom. The van der Waals surface area contributed by atoms with Crippen molar-refractivity contribution in [3.8, 4) is 0 Å². The predicted octanol–water partition coefficient (Wildman–Crippen LogP) is 0.854. The first-order valence-corrected chi connectivity index (χ1v) is 5.35. The minimum Gasteiger partial charge on any atom is -0.396 e. The van der Waals surface area contributed by atoms with E-state index in [0.29, 0.717) is 12.0 Å². The molecule has 4 heteroatoms. The first-order chi connectivity index (χ1) is 7.20. The van der Waals surface area contributed by atoms with Gasteiger partial charge in [-0.3, -0.25) is 0 Å². The Hall–Kier alpha value is -0.610. The van der Waals surface area contributed by atoms with Crippen LogP contribution in [0.15, 0.2) is 24.3 Å². The molecule has 0 amide bonds. The first kappa shape index (κ1) is 12.5. The van der Waals surface area contributed by atoms with Gasteiger partial charge in [-0.15, -0.1) is 11.6 Å². The van der Waals surface area contributed by atoms with Gasteiger partial charge in [-0.05, 0) is 17.5 Å². The average Bonchev–Trinajstić information content (AvgIpc) is 2.28. The second kappa shape index (κ2) is 6.08. The zero-order chi connectivity index (χ0) is 11.3. The van der Waals surface area contributed by atoms with Crippen LogP contribution in [0, 0.1) is 0 Å². The second-order valence-corrected chi connectivity index (χ2v) is 3.65. The molecule has 0 heterocycles. The number of benzene rings is 1. The predicted molar refractivity (Wildman–Crippen MR) is 58.9 cm³/mol. The Labute approximate surface area is 93.9 Å². The summed E-state index contributed by atoms with van der Waals surface area (Å²) in [5.41, 5.74) is 1.45. The van der Waals surface area contributed by atoms with Crippen LogP contribution in [0.25, 0.3) is 0 Å². The van der Waals surface area contributed by atoms with E-state index in [2.05, 4.69) is 0 Å². The van der Waals surface area contributed by atoms with Crippen LogP contribution in [-0.4, -0.2) is 33.9 Å². The van der Waals surface area contributed by atoms with E-state index < -0.39 is 12.2 Å². The molecule has 0 saturated heterocycles. The van der Waals surface area contributed by atoms with Crippen LogP contribution >= 0.6 is 11.6 Å². The molecule has 0 aromatic heterocycles. The summed E-state index contributed by atoms with van der Waals surface area (Å²) >= 11 is 5.47. The highest BCUT2D eigenvalue weighted by molar-refractivity contribution is 6.18. The van der Waals surface area contributed by atoms with Crippen molar-refractivity contribution in [1.82, 2.24) is 0 Å². The van der Waals surface area contributed by atoms with Crippen molar-refractivity contribution in [2.45, 2.75) is 18.6 Å². The van der Waals surface area contributed by atoms with Gasteiger partial charge in [0.25, 0.3) is 0 Å². The number of aliphatic hydroxyl groups is 3. The fourth-order valence-electron chi connectivity index (χ4n) is 1.46. The maximum absolute atomic E-state index is 9.78. The standard InChI is InChI=1S/C11H15ClO3/c12-7-10(14)11(15)9-4-2-1-3-8(9)5-6-13/h1-4,10-11,13-15H,5-7H2. The maximum Gasteiger partial charge on any atom is 0.106 e. The van der Waals surface area contributed by atoms with Crippen molar-refractivity contribution in [3.05, 3.63) is 35.4 Å². The monoisotopic (exact) mass is 230 g/mol. The Morgan fingerprint density at radius 1 is 1.20 bits per heavy atom. The number of hydrogen-bond donors (Lipinski definition) is 3. The van der Waals surface area contributed by atoms with E-state index in [1.807, 2.05) is 12.1 Å². The van der Waals surface area contributed by atoms with Gasteiger partial charge in [0, 0.05) is 6.61 Å². The van der Waals surface area contributed by atoms with E-state index >= 15 is 0 Å². The third-order valence-corrected chi connectivity index (χ3v) is 2.59. The van der Waals surface area contributed by atoms with Gasteiger partial charge >= 0.3 is 0 Å². The lowest BCUT2D eigenvalue weighted by atomic mass is 9.97. The smallest absolute Gasteiger partial charge is 0.106 e. The van der Waals surface area contributed by atoms with E-state index in [4.69, 9.17) is 16.7 Å². The minimum atomic E-state index is -0.995. The molecule has 0 bridgehead atoms. The summed E-state index contributed by atoms with van der Waals surface area (Å²) in [4.78, 5) is 0. The molecule has 0 aliphatic heterocycles. The van der Waals surface area contributed by atoms with Gasteiger partial charge in [-0.2, -0.15) is 0 Å². The molecule has 1 rings (SSSR count). The molecular weight excluding hydrogens is 216 g/mol. The van der Waals surface area contributed by atoms with E-state index in [0.717, 1.165) is 5.56 Å². The molecule has 3 N–H and O–H groups in total. The summed E-state index contributed by atoms with van der Waals surface area (Å²) in [6.07, 6.45) is -1.51. The van der Waals surface area contributed by atoms with Crippen LogP contribution in [0.5, 0.6) is 0 Å². The molecule has 0 aliphatic rings. The lowest BCUT2D eigenvalue weighted by Crippen LogP contribution is -2.21. The summed E-state index contributed by atoms with van der Waals surface area (Å²) in [5.74, 6) is -0.0192. The molecule has 0 radical (unpaired) electrons. The van der Waals surface area contributed by atoms with Crippen LogP contribution in [0.3, 0.4) is 0 Å². The van der Waals surface area contributed by atoms with Gasteiger partial charge < -0.3 is 15.3 Å². The molecule has 2 atom stereocenters. The highest BCUT2D eigenvalue weighted by Crippen LogP contribution is 2.22. The molecule has 0 saturated carbocycles. The number of rotatable bonds is 5. The van der Waals surface area contributed by atoms with Crippen molar-refractivity contribution in [2.24, 2.45) is 0 Å². The first-order valence-electron chi connectivity index (χ1n) is 4.81. The molecule has 3 nitrogen and oxygen atoms in total. The van der Waals surface area contributed by atoms with E-state index in [-0.39, 0.29) is 12.5 Å². The number of alkyl halides is 1. The number of hydrogen-bond acceptors (Lipinski definition) is 3. The SMILES string of the molecule is OCCc1ccccc1C(O)C(O)CCl. The lowest BCUT2D eigenvalue weighted by molar-refractivity contribution is 0.0320. The molecule has 0 aliphatic carbocycles. The molecule has 84 valence electrons. The fourth-order valence-corrected chi connectivity index (χ4v) is 1.63. The molecule has 15 heavy (non-hydrogen) atoms. The Kier molecular flexibility index (Phi) is 5.05. The van der Waals surface area contributed by atoms with Gasteiger partial charge in [0.05, 0.1) is 12.0 Å². The zero-order valence-electron chi connectivity index (χ0n) is 8.31. The van der Waals surface area contributed by atoms with E-state index in [1.165, 1.54) is 0 Å². The van der Waals surface area contributed by atoms with Crippen molar-refractivity contribution in [1.29, 1.82) is 0 Å². The third kappa shape index (κ3) is 3.18. The average molecular weight is 231 g/mol. The fraction of sp³-hybridized carbons (Fsp3) is 0.455. The molecule has 2 unspecified atom stereocenters. The van der Waals surface area contributed by atoms with Crippen molar-refractivity contribution >= 4 is 11.6 Å². The Bertz CT molecular complexity index is 304. The zero-order valence-corrected chi connectivity index (χ0v) is 9.06. The largest absolute Gasteiger partial charge is 0.396 e. The Balaban J connectivity index is 2.91. The summed E-state index contributed by atoms with van der Waals surface area (Å²) in [5, 5.41) is 28.1. The highest BCUT2D eigenvalue weighted by Gasteiger charge is 2.19. The maximum atomic E-state index is 9.78. The summed E-state index contributed by atoms with van der Waals surface area (Å²) < 4.78 is 0. The van der Waals surface area contributed by atoms with Gasteiger partial charge in [0.2, 0.25) is 0 Å². The second-order valence-electron chi connectivity index (χ2n) is 3.34. The minimum absolute atomic E-state index is 0.0146. The lowest BCUT2D eigenvalue weighted by Gasteiger charge is -2.18. The van der Waals surface area contributed by atoms with Gasteiger partial charge in [0.15, 0.2) is 0 Å². The highest BCUT2D eigenvalue weighted by atomic mass is 35.5. The summed E-state index contributed by atoms with van der Waals surface area (Å²) in [6, 6.07) is 7.15. The van der Waals surface area contributed by atoms with Gasteiger partial charge in [0.1, 0.15) is 6.10 Å². The third-order valence-electron chi connectivity index (χ3n) is 2.28. The number of aliphatic hydroxyl groups excluding tert-OH is 3. The summed E-state index contributed by atoms with van der Waals surface area (Å²) in [7, 11) is 0. The van der Waals surface area contributed by atoms with Gasteiger partial charge in [-0.1, -0.05) is 24.3 Å². The van der Waals surface area contributed by atoms with Crippen LogP contribution in [0.2, 0.25) is 0 Å².